The first kappa shape index (κ1) is 63.4. The van der Waals surface area contributed by atoms with Crippen molar-refractivity contribution >= 4 is 0 Å². The number of hydrogen-bond donors (Lipinski definition) is 0. The second kappa shape index (κ2) is 28.9. The summed E-state index contributed by atoms with van der Waals surface area (Å²) < 4.78 is 0. The number of benzene rings is 13. The van der Waals surface area contributed by atoms with Gasteiger partial charge < -0.3 is 22.4 Å². The Morgan fingerprint density at radius 1 is 0.173 bits per heavy atom. The predicted molar refractivity (Wildman–Crippen MR) is 404 cm³/mol. The van der Waals surface area contributed by atoms with Crippen molar-refractivity contribution in [2.24, 2.45) is 0 Å². The summed E-state index contributed by atoms with van der Waals surface area (Å²) in [5, 5.41) is 0. The Bertz CT molecular complexity index is 4890. The van der Waals surface area contributed by atoms with Crippen molar-refractivity contribution < 1.29 is 20.1 Å². The third kappa shape index (κ3) is 13.1. The van der Waals surface area contributed by atoms with E-state index < -0.39 is 0 Å². The first-order valence-corrected chi connectivity index (χ1v) is 32.4. The van der Waals surface area contributed by atoms with Crippen LogP contribution in [0.25, 0.3) is 167 Å². The molecule has 0 atom stereocenters. The van der Waals surface area contributed by atoms with Crippen LogP contribution in [0.5, 0.6) is 0 Å². The Kier molecular flexibility index (Phi) is 18.7. The number of hydrogen-bond acceptors (Lipinski definition) is 3. The van der Waals surface area contributed by atoms with Gasteiger partial charge in [-0.05, 0) is 155 Å². The average Bonchev–Trinajstić information content (AvgIpc) is 0.767. The Hall–Kier alpha value is -12.0. The number of pyridine rings is 3. The molecule has 0 fully saturated rings. The average molecular weight is 1430 g/mol. The van der Waals surface area contributed by atoms with Crippen molar-refractivity contribution in [3.05, 3.63) is 390 Å². The van der Waals surface area contributed by atoms with Crippen LogP contribution in [0.2, 0.25) is 0 Å². The standard InChI is InChI=1S/C93H60N3.CH3.Ir/c1-4-25-64(26-5-1)67-31-22-34-70(55-67)88-61-73(91-43-16-19-52-94-91)46-49-85(88)82-40-13-10-37-79(82)76-58-77(80-38-11-14-41-83(80)86-50-47-74(92-44-17-20-53-95-92)62-89(86)71-35-23-32-68(56-71)65-27-6-2-7-28-65)60-78(59-76)81-39-12-15-42-84(81)87-51-48-75(93-45-18-21-54-96-93)63-90(87)72-36-24-33-69(57-72)66-29-8-3-9-30-66;;/h1-45,49-63H;1H3;/q-3;-1;. The van der Waals surface area contributed by atoms with Crippen LogP contribution in [0, 0.1) is 25.6 Å². The molecule has 98 heavy (non-hydrogen) atoms. The minimum absolute atomic E-state index is 0. The molecule has 0 saturated heterocycles. The van der Waals surface area contributed by atoms with Gasteiger partial charge in [-0.15, -0.1) is 71.3 Å². The van der Waals surface area contributed by atoms with Gasteiger partial charge in [0.05, 0.1) is 0 Å². The molecule has 16 aromatic rings. The van der Waals surface area contributed by atoms with Gasteiger partial charge >= 0.3 is 0 Å². The summed E-state index contributed by atoms with van der Waals surface area (Å²) in [4.78, 5) is 14.5. The number of nitrogens with zero attached hydrogens (tertiary/aromatic N) is 3. The molecule has 0 unspecified atom stereocenters. The maximum absolute atomic E-state index is 4.82. The second-order valence-electron chi connectivity index (χ2n) is 23.9. The molecule has 0 aliphatic rings. The zero-order valence-corrected chi connectivity index (χ0v) is 56.2. The van der Waals surface area contributed by atoms with Gasteiger partial charge in [-0.1, -0.05) is 305 Å². The van der Waals surface area contributed by atoms with Gasteiger partial charge in [0, 0.05) is 38.7 Å². The van der Waals surface area contributed by atoms with E-state index in [1.807, 2.05) is 55.0 Å². The Morgan fingerprint density at radius 2 is 0.408 bits per heavy atom. The summed E-state index contributed by atoms with van der Waals surface area (Å²) in [6.07, 6.45) is 5.55. The summed E-state index contributed by atoms with van der Waals surface area (Å²) in [6.45, 7) is 0. The molecule has 0 bridgehead atoms. The molecule has 4 heteroatoms. The molecular formula is C94H63IrN3-4. The fourth-order valence-electron chi connectivity index (χ4n) is 13.4. The molecule has 16 rings (SSSR count). The third-order valence-electron chi connectivity index (χ3n) is 18.0. The molecule has 3 aromatic heterocycles. The van der Waals surface area contributed by atoms with Gasteiger partial charge in [-0.3, -0.25) is 0 Å². The molecule has 1 radical (unpaired) electrons. The Balaban J connectivity index is 0.00000411. The van der Waals surface area contributed by atoms with Crippen molar-refractivity contribution in [1.29, 1.82) is 0 Å². The fraction of sp³-hybridized carbons (Fsp3) is 0. The van der Waals surface area contributed by atoms with Crippen LogP contribution in [0.15, 0.2) is 364 Å². The van der Waals surface area contributed by atoms with E-state index in [0.29, 0.717) is 0 Å². The van der Waals surface area contributed by atoms with E-state index in [2.05, 4.69) is 328 Å². The first-order valence-electron chi connectivity index (χ1n) is 32.4. The normalized spacial score (nSPS) is 10.9. The van der Waals surface area contributed by atoms with Gasteiger partial charge in [0.25, 0.3) is 0 Å². The maximum atomic E-state index is 4.82. The minimum atomic E-state index is 0. The van der Waals surface area contributed by atoms with Gasteiger partial charge in [-0.2, -0.15) is 0 Å². The molecule has 13 aromatic carbocycles. The van der Waals surface area contributed by atoms with E-state index >= 15 is 0 Å². The SMILES string of the molecule is [CH3-].[Ir].[c-]1cc(-c2ccccc2-c2cc(-c3ccccc3-c3c[c-]c(-c4ccccn4)cc3-c3cccc(-c4ccccc4)c3)cc(-c3ccccc3-c3c[c-]c(-c4ccccn4)cc3-c3cccc(-c4ccccc4)c3)c2)c(-c2cccc(-c3ccccc3)c2)cc1-c1ccccn1. The minimum Gasteiger partial charge on any atom is -0.358 e. The topological polar surface area (TPSA) is 38.7 Å². The molecule has 0 amide bonds. The molecule has 0 N–H and O–H groups in total. The molecule has 3 nitrogen and oxygen atoms in total. The maximum Gasteiger partial charge on any atom is 0.0160 e. The molecule has 3 heterocycles. The smallest absolute Gasteiger partial charge is 0.0160 e. The summed E-state index contributed by atoms with van der Waals surface area (Å²) in [5.41, 5.74) is 31.5. The zero-order valence-electron chi connectivity index (χ0n) is 53.8. The summed E-state index contributed by atoms with van der Waals surface area (Å²) in [6, 6.07) is 135. The number of aromatic nitrogens is 3. The van der Waals surface area contributed by atoms with E-state index in [1.54, 1.807) is 0 Å². The molecule has 467 valence electrons. The van der Waals surface area contributed by atoms with Crippen LogP contribution >= 0.6 is 0 Å². The van der Waals surface area contributed by atoms with Gasteiger partial charge in [0.2, 0.25) is 0 Å². The monoisotopic (exact) mass is 1430 g/mol. The van der Waals surface area contributed by atoms with E-state index in [-0.39, 0.29) is 27.5 Å². The van der Waals surface area contributed by atoms with Crippen LogP contribution in [0.1, 0.15) is 0 Å². The van der Waals surface area contributed by atoms with Crippen LogP contribution in [-0.4, -0.2) is 15.0 Å². The molecule has 0 aliphatic carbocycles. The third-order valence-corrected chi connectivity index (χ3v) is 18.0. The summed E-state index contributed by atoms with van der Waals surface area (Å²) >= 11 is 0. The van der Waals surface area contributed by atoms with Crippen LogP contribution < -0.4 is 0 Å². The zero-order chi connectivity index (χ0) is 64.0. The van der Waals surface area contributed by atoms with Crippen molar-refractivity contribution in [1.82, 2.24) is 15.0 Å². The van der Waals surface area contributed by atoms with Gasteiger partial charge in [0.15, 0.2) is 0 Å². The van der Waals surface area contributed by atoms with Gasteiger partial charge in [-0.25, -0.2) is 0 Å². The summed E-state index contributed by atoms with van der Waals surface area (Å²) in [7, 11) is 0. The molecule has 0 spiro atoms. The predicted octanol–water partition coefficient (Wildman–Crippen LogP) is 24.7. The van der Waals surface area contributed by atoms with Crippen molar-refractivity contribution in [3.8, 4) is 167 Å². The van der Waals surface area contributed by atoms with Crippen molar-refractivity contribution in [3.63, 3.8) is 0 Å². The molecular weight excluding hydrogens is 1360 g/mol. The van der Waals surface area contributed by atoms with Crippen molar-refractivity contribution in [2.75, 3.05) is 0 Å². The first-order chi connectivity index (χ1) is 47.6. The van der Waals surface area contributed by atoms with E-state index in [4.69, 9.17) is 15.0 Å². The second-order valence-corrected chi connectivity index (χ2v) is 23.9. The molecule has 0 saturated carbocycles. The van der Waals surface area contributed by atoms with Gasteiger partial charge in [0.1, 0.15) is 0 Å². The van der Waals surface area contributed by atoms with Crippen molar-refractivity contribution in [2.45, 2.75) is 0 Å². The van der Waals surface area contributed by atoms with Crippen LogP contribution in [-0.2, 0) is 20.1 Å². The van der Waals surface area contributed by atoms with Crippen LogP contribution in [0.4, 0.5) is 0 Å². The Morgan fingerprint density at radius 3 is 0.684 bits per heavy atom. The van der Waals surface area contributed by atoms with E-state index in [9.17, 15) is 0 Å². The van der Waals surface area contributed by atoms with E-state index in [1.165, 1.54) is 0 Å². The largest absolute Gasteiger partial charge is 0.358 e. The quantitative estimate of drug-likeness (QED) is 0.0960. The number of rotatable bonds is 15. The van der Waals surface area contributed by atoms with E-state index in [0.717, 1.165) is 167 Å². The Labute approximate surface area is 588 Å². The molecule has 0 aliphatic heterocycles. The van der Waals surface area contributed by atoms with Crippen LogP contribution in [0.3, 0.4) is 0 Å². The summed E-state index contributed by atoms with van der Waals surface area (Å²) in [5.74, 6) is 0. The fourth-order valence-corrected chi connectivity index (χ4v) is 13.4.